The number of hydrogen-bond donors (Lipinski definition) is 3. The molecule has 1 saturated heterocycles. The standard InChI is InChI=1S/C30H31F2N3O3/c1-19(33-27(36)15-20-13-24(31)17-25(32)14-20)28(37)35-30(2)18-23(21-9-5-3-6-10-21)16-26(34-29(30)38)22-11-7-4-8-12-22/h3-14,17,19,23,26H,15-16,18H2,1-2H3,(H,33,36)(H,34,38)(H,35,37)/t19-,23+,26?,30-/m0/s1. The van der Waals surface area contributed by atoms with Crippen molar-refractivity contribution in [1.29, 1.82) is 0 Å². The Balaban J connectivity index is 1.49. The van der Waals surface area contributed by atoms with E-state index in [4.69, 9.17) is 0 Å². The maximum Gasteiger partial charge on any atom is 0.245 e. The molecule has 198 valence electrons. The van der Waals surface area contributed by atoms with Crippen LogP contribution in [0.2, 0.25) is 0 Å². The van der Waals surface area contributed by atoms with E-state index in [1.54, 1.807) is 6.92 Å². The molecule has 0 spiro atoms. The highest BCUT2D eigenvalue weighted by Gasteiger charge is 2.43. The zero-order chi connectivity index (χ0) is 27.3. The third-order valence-electron chi connectivity index (χ3n) is 6.91. The molecule has 4 rings (SSSR count). The van der Waals surface area contributed by atoms with Crippen molar-refractivity contribution in [2.75, 3.05) is 0 Å². The quantitative estimate of drug-likeness (QED) is 0.435. The molecule has 3 amide bonds. The number of carbonyl (C=O) groups excluding carboxylic acids is 3. The van der Waals surface area contributed by atoms with Crippen LogP contribution in [0.15, 0.2) is 78.9 Å². The van der Waals surface area contributed by atoms with E-state index in [2.05, 4.69) is 16.0 Å². The highest BCUT2D eigenvalue weighted by molar-refractivity contribution is 5.94. The van der Waals surface area contributed by atoms with E-state index in [-0.39, 0.29) is 29.9 Å². The molecule has 1 unspecified atom stereocenters. The van der Waals surface area contributed by atoms with E-state index in [0.29, 0.717) is 12.8 Å². The molecule has 38 heavy (non-hydrogen) atoms. The summed E-state index contributed by atoms with van der Waals surface area (Å²) >= 11 is 0. The van der Waals surface area contributed by atoms with Crippen LogP contribution >= 0.6 is 0 Å². The van der Waals surface area contributed by atoms with E-state index in [1.165, 1.54) is 6.92 Å². The first-order valence-corrected chi connectivity index (χ1v) is 12.6. The van der Waals surface area contributed by atoms with Gasteiger partial charge in [0, 0.05) is 6.07 Å². The Kier molecular flexibility index (Phi) is 8.20. The first-order valence-electron chi connectivity index (χ1n) is 12.6. The van der Waals surface area contributed by atoms with Gasteiger partial charge >= 0.3 is 0 Å². The largest absolute Gasteiger partial charge is 0.347 e. The van der Waals surface area contributed by atoms with Gasteiger partial charge in [0.05, 0.1) is 12.5 Å². The molecule has 0 saturated carbocycles. The summed E-state index contributed by atoms with van der Waals surface area (Å²) in [5.41, 5.74) is 0.951. The van der Waals surface area contributed by atoms with Crippen LogP contribution in [0.1, 0.15) is 55.3 Å². The zero-order valence-corrected chi connectivity index (χ0v) is 21.3. The first kappa shape index (κ1) is 27.0. The fourth-order valence-corrected chi connectivity index (χ4v) is 4.96. The Morgan fingerprint density at radius 1 is 0.974 bits per heavy atom. The van der Waals surface area contributed by atoms with Crippen molar-refractivity contribution in [2.45, 2.75) is 56.7 Å². The molecule has 1 aliphatic rings. The van der Waals surface area contributed by atoms with Crippen molar-refractivity contribution < 1.29 is 23.2 Å². The smallest absolute Gasteiger partial charge is 0.245 e. The number of amides is 3. The highest BCUT2D eigenvalue weighted by atomic mass is 19.1. The van der Waals surface area contributed by atoms with Crippen molar-refractivity contribution in [3.05, 3.63) is 107 Å². The predicted octanol–water partition coefficient (Wildman–Crippen LogP) is 4.32. The van der Waals surface area contributed by atoms with Gasteiger partial charge in [-0.15, -0.1) is 0 Å². The van der Waals surface area contributed by atoms with Gasteiger partial charge in [0.15, 0.2) is 0 Å². The Labute approximate surface area is 220 Å². The van der Waals surface area contributed by atoms with Crippen LogP contribution in [-0.2, 0) is 20.8 Å². The zero-order valence-electron chi connectivity index (χ0n) is 21.3. The molecule has 1 aliphatic heterocycles. The van der Waals surface area contributed by atoms with Gasteiger partial charge in [-0.2, -0.15) is 0 Å². The molecule has 1 heterocycles. The van der Waals surface area contributed by atoms with Gasteiger partial charge in [0.2, 0.25) is 17.7 Å². The van der Waals surface area contributed by atoms with Gasteiger partial charge in [-0.3, -0.25) is 14.4 Å². The SMILES string of the molecule is C[C@H](NC(=O)Cc1cc(F)cc(F)c1)C(=O)N[C@@]1(C)C[C@H](c2ccccc2)CC(c2ccccc2)NC1=O. The summed E-state index contributed by atoms with van der Waals surface area (Å²) in [6, 6.07) is 21.2. The maximum atomic E-state index is 13.5. The summed E-state index contributed by atoms with van der Waals surface area (Å²) in [5.74, 6) is -3.02. The lowest BCUT2D eigenvalue weighted by Crippen LogP contribution is -2.60. The average Bonchev–Trinajstić information content (AvgIpc) is 3.00. The Hall–Kier alpha value is -4.07. The number of hydrogen-bond acceptors (Lipinski definition) is 3. The van der Waals surface area contributed by atoms with Gasteiger partial charge in [0.1, 0.15) is 23.2 Å². The van der Waals surface area contributed by atoms with Gasteiger partial charge in [0.25, 0.3) is 0 Å². The lowest BCUT2D eigenvalue weighted by atomic mass is 9.82. The third-order valence-corrected chi connectivity index (χ3v) is 6.91. The summed E-state index contributed by atoms with van der Waals surface area (Å²) in [7, 11) is 0. The number of carbonyl (C=O) groups is 3. The van der Waals surface area contributed by atoms with Crippen LogP contribution in [0.4, 0.5) is 8.78 Å². The molecule has 3 N–H and O–H groups in total. The lowest BCUT2D eigenvalue weighted by molar-refractivity contribution is -0.135. The molecular formula is C30H31F2N3O3. The molecule has 3 aromatic carbocycles. The number of halogens is 2. The molecule has 8 heteroatoms. The fraction of sp³-hybridized carbons (Fsp3) is 0.300. The summed E-state index contributed by atoms with van der Waals surface area (Å²) in [6.07, 6.45) is 0.724. The lowest BCUT2D eigenvalue weighted by Gasteiger charge is -2.31. The molecule has 0 bridgehead atoms. The van der Waals surface area contributed by atoms with Gasteiger partial charge in [-0.1, -0.05) is 60.7 Å². The monoisotopic (exact) mass is 519 g/mol. The minimum absolute atomic E-state index is 0.0292. The van der Waals surface area contributed by atoms with Crippen LogP contribution in [-0.4, -0.2) is 29.3 Å². The van der Waals surface area contributed by atoms with E-state index in [0.717, 1.165) is 29.3 Å². The van der Waals surface area contributed by atoms with Crippen LogP contribution < -0.4 is 16.0 Å². The summed E-state index contributed by atoms with van der Waals surface area (Å²) in [5, 5.41) is 8.51. The summed E-state index contributed by atoms with van der Waals surface area (Å²) < 4.78 is 26.9. The normalized spacial score (nSPS) is 22.1. The first-order chi connectivity index (χ1) is 18.1. The van der Waals surface area contributed by atoms with E-state index in [1.807, 2.05) is 60.7 Å². The molecule has 0 radical (unpaired) electrons. The van der Waals surface area contributed by atoms with E-state index in [9.17, 15) is 23.2 Å². The van der Waals surface area contributed by atoms with E-state index >= 15 is 0 Å². The van der Waals surface area contributed by atoms with Crippen molar-refractivity contribution in [1.82, 2.24) is 16.0 Å². The summed E-state index contributed by atoms with van der Waals surface area (Å²) in [4.78, 5) is 39.1. The average molecular weight is 520 g/mol. The Morgan fingerprint density at radius 3 is 2.16 bits per heavy atom. The minimum Gasteiger partial charge on any atom is -0.347 e. The summed E-state index contributed by atoms with van der Waals surface area (Å²) in [6.45, 7) is 3.19. The molecular weight excluding hydrogens is 488 g/mol. The van der Waals surface area contributed by atoms with E-state index < -0.39 is 35.0 Å². The second kappa shape index (κ2) is 11.5. The molecule has 0 aromatic heterocycles. The number of benzene rings is 3. The fourth-order valence-electron chi connectivity index (χ4n) is 4.96. The van der Waals surface area contributed by atoms with Crippen LogP contribution in [0.25, 0.3) is 0 Å². The maximum absolute atomic E-state index is 13.5. The van der Waals surface area contributed by atoms with Crippen LogP contribution in [0, 0.1) is 11.6 Å². The Morgan fingerprint density at radius 2 is 1.55 bits per heavy atom. The van der Waals surface area contributed by atoms with Crippen molar-refractivity contribution >= 4 is 17.7 Å². The van der Waals surface area contributed by atoms with Crippen molar-refractivity contribution in [3.63, 3.8) is 0 Å². The van der Waals surface area contributed by atoms with Gasteiger partial charge in [-0.05, 0) is 61.4 Å². The van der Waals surface area contributed by atoms with Crippen molar-refractivity contribution in [3.8, 4) is 0 Å². The molecule has 6 nitrogen and oxygen atoms in total. The van der Waals surface area contributed by atoms with Crippen molar-refractivity contribution in [2.24, 2.45) is 0 Å². The highest BCUT2D eigenvalue weighted by Crippen LogP contribution is 2.38. The van der Waals surface area contributed by atoms with Gasteiger partial charge < -0.3 is 16.0 Å². The van der Waals surface area contributed by atoms with Crippen LogP contribution in [0.5, 0.6) is 0 Å². The topological polar surface area (TPSA) is 87.3 Å². The molecule has 3 aromatic rings. The molecule has 0 aliphatic carbocycles. The molecule has 1 fully saturated rings. The minimum atomic E-state index is -1.24. The molecule has 4 atom stereocenters. The van der Waals surface area contributed by atoms with Crippen LogP contribution in [0.3, 0.4) is 0 Å². The Bertz CT molecular complexity index is 1280. The second-order valence-corrected chi connectivity index (χ2v) is 10.0. The number of rotatable bonds is 7. The number of nitrogens with one attached hydrogen (secondary N) is 3. The van der Waals surface area contributed by atoms with Gasteiger partial charge in [-0.25, -0.2) is 8.78 Å². The second-order valence-electron chi connectivity index (χ2n) is 10.0. The predicted molar refractivity (Wildman–Crippen MR) is 140 cm³/mol. The third kappa shape index (κ3) is 6.62.